The van der Waals surface area contributed by atoms with Gasteiger partial charge < -0.3 is 30.8 Å². The number of hydrogen-bond donors (Lipinski definition) is 2. The molecule has 0 spiro atoms. The standard InChI is InChI=1S/C3H8O2.H10O5Si5/c1-2-3(4)5;1-6-2-8-4-10-5-9-3-7-1/h3-5H,2H2,1H3;6-10H2. The fourth-order valence-corrected chi connectivity index (χ4v) is 9.49. The van der Waals surface area contributed by atoms with Crippen molar-refractivity contribution in [3.05, 3.63) is 0 Å². The third-order valence-electron chi connectivity index (χ3n) is 1.20. The van der Waals surface area contributed by atoms with E-state index in [1.54, 1.807) is 6.92 Å². The van der Waals surface area contributed by atoms with Crippen LogP contribution in [0.5, 0.6) is 0 Å². The van der Waals surface area contributed by atoms with Gasteiger partial charge in [0.15, 0.2) is 6.29 Å². The summed E-state index contributed by atoms with van der Waals surface area (Å²) in [7, 11) is -3.62. The maximum absolute atomic E-state index is 7.92. The van der Waals surface area contributed by atoms with E-state index < -0.39 is 56.3 Å². The molecule has 1 heterocycles. The quantitative estimate of drug-likeness (QED) is 0.370. The van der Waals surface area contributed by atoms with Crippen molar-refractivity contribution in [1.29, 1.82) is 0 Å². The SMILES string of the molecule is CCC(O)O.O1[SiH2]O[SiH2]O[SiH2]O[SiH2]O[SiH2]1. The molecular weight excluding hydrogens is 288 g/mol. The molecule has 0 atom stereocenters. The number of aliphatic hydroxyl groups excluding tert-OH is 1. The summed E-state index contributed by atoms with van der Waals surface area (Å²) in [4.78, 5) is 0. The maximum atomic E-state index is 7.92. The minimum Gasteiger partial charge on any atom is -0.425 e. The van der Waals surface area contributed by atoms with Gasteiger partial charge in [0.25, 0.3) is 50.0 Å². The Labute approximate surface area is 101 Å². The first-order chi connectivity index (χ1) is 7.27. The highest BCUT2D eigenvalue weighted by Crippen LogP contribution is 1.79. The molecule has 7 nitrogen and oxygen atoms in total. The first-order valence-corrected chi connectivity index (χ1v) is 10.3. The molecule has 0 bridgehead atoms. The van der Waals surface area contributed by atoms with E-state index in [9.17, 15) is 0 Å². The Morgan fingerprint density at radius 3 is 1.13 bits per heavy atom. The Balaban J connectivity index is 0.000000336. The predicted molar refractivity (Wildman–Crippen MR) is 66.7 cm³/mol. The summed E-state index contributed by atoms with van der Waals surface area (Å²) >= 11 is 0. The van der Waals surface area contributed by atoms with Gasteiger partial charge in [-0.1, -0.05) is 6.92 Å². The molecule has 1 rings (SSSR count). The van der Waals surface area contributed by atoms with Gasteiger partial charge >= 0.3 is 0 Å². The van der Waals surface area contributed by atoms with Crippen molar-refractivity contribution in [2.45, 2.75) is 19.6 Å². The van der Waals surface area contributed by atoms with Crippen LogP contribution in [0, 0.1) is 0 Å². The molecule has 12 heteroatoms. The average molecular weight is 307 g/mol. The van der Waals surface area contributed by atoms with Crippen molar-refractivity contribution in [1.82, 2.24) is 0 Å². The molecule has 0 saturated carbocycles. The monoisotopic (exact) mass is 306 g/mol. The Morgan fingerprint density at radius 1 is 0.800 bits per heavy atom. The van der Waals surface area contributed by atoms with E-state index in [2.05, 4.69) is 0 Å². The highest BCUT2D eigenvalue weighted by Gasteiger charge is 1.97. The van der Waals surface area contributed by atoms with Gasteiger partial charge in [0, 0.05) is 0 Å². The van der Waals surface area contributed by atoms with E-state index in [1.807, 2.05) is 0 Å². The largest absolute Gasteiger partial charge is 0.425 e. The molecule has 1 fully saturated rings. The van der Waals surface area contributed by atoms with Gasteiger partial charge in [0.2, 0.25) is 0 Å². The van der Waals surface area contributed by atoms with Crippen LogP contribution in [0.3, 0.4) is 0 Å². The van der Waals surface area contributed by atoms with Crippen molar-refractivity contribution in [2.24, 2.45) is 0 Å². The third kappa shape index (κ3) is 14.8. The molecule has 1 saturated heterocycles. The first-order valence-electron chi connectivity index (χ1n) is 4.52. The number of hydrogen-bond acceptors (Lipinski definition) is 7. The molecule has 0 aliphatic carbocycles. The zero-order valence-corrected chi connectivity index (χ0v) is 15.8. The van der Waals surface area contributed by atoms with Gasteiger partial charge in [-0.3, -0.25) is 0 Å². The van der Waals surface area contributed by atoms with Crippen LogP contribution in [0.2, 0.25) is 0 Å². The Kier molecular flexibility index (Phi) is 13.6. The highest BCUT2D eigenvalue weighted by molar-refractivity contribution is 6.50. The first kappa shape index (κ1) is 15.8. The topological polar surface area (TPSA) is 86.6 Å². The van der Waals surface area contributed by atoms with E-state index in [0.29, 0.717) is 6.42 Å². The summed E-state index contributed by atoms with van der Waals surface area (Å²) in [6.07, 6.45) is -0.699. The average Bonchev–Trinajstić information content (AvgIpc) is 2.27. The van der Waals surface area contributed by atoms with Crippen molar-refractivity contribution in [3.8, 4) is 0 Å². The molecule has 15 heavy (non-hydrogen) atoms. The van der Waals surface area contributed by atoms with E-state index in [1.165, 1.54) is 0 Å². The van der Waals surface area contributed by atoms with Crippen molar-refractivity contribution in [2.75, 3.05) is 0 Å². The molecular formula is C3H18O7Si5. The Morgan fingerprint density at radius 2 is 1.00 bits per heavy atom. The summed E-state index contributed by atoms with van der Waals surface area (Å²) in [5.74, 6) is 0. The molecule has 0 radical (unpaired) electrons. The number of aliphatic hydroxyl groups is 2. The van der Waals surface area contributed by atoms with Crippen LogP contribution < -0.4 is 0 Å². The van der Waals surface area contributed by atoms with Crippen LogP contribution in [0.15, 0.2) is 0 Å². The lowest BCUT2D eigenvalue weighted by Crippen LogP contribution is -2.23. The van der Waals surface area contributed by atoms with Gasteiger partial charge in [0.1, 0.15) is 0 Å². The molecule has 1 aliphatic rings. The van der Waals surface area contributed by atoms with Crippen LogP contribution in [0.25, 0.3) is 0 Å². The lowest BCUT2D eigenvalue weighted by molar-refractivity contribution is -0.0413. The molecule has 92 valence electrons. The molecule has 0 aromatic carbocycles. The highest BCUT2D eigenvalue weighted by atomic mass is 28.4. The molecule has 1 aliphatic heterocycles. The van der Waals surface area contributed by atoms with Crippen LogP contribution in [-0.4, -0.2) is 66.5 Å². The minimum absolute atomic E-state index is 0.417. The normalized spacial score (nSPS) is 27.2. The van der Waals surface area contributed by atoms with Gasteiger partial charge in [-0.15, -0.1) is 0 Å². The summed E-state index contributed by atoms with van der Waals surface area (Å²) in [6, 6.07) is 0. The Hall–Kier alpha value is 0.804. The zero-order chi connectivity index (χ0) is 11.4. The lowest BCUT2D eigenvalue weighted by atomic mass is 10.5. The van der Waals surface area contributed by atoms with Crippen LogP contribution >= 0.6 is 0 Å². The van der Waals surface area contributed by atoms with E-state index in [4.69, 9.17) is 30.8 Å². The second-order valence-corrected chi connectivity index (χ2v) is 11.8. The zero-order valence-electron chi connectivity index (χ0n) is 8.76. The van der Waals surface area contributed by atoms with E-state index >= 15 is 0 Å². The van der Waals surface area contributed by atoms with Gasteiger partial charge in [0.05, 0.1) is 0 Å². The molecule has 0 unspecified atom stereocenters. The molecule has 0 aromatic rings. The molecule has 0 amide bonds. The van der Waals surface area contributed by atoms with Crippen LogP contribution in [0.4, 0.5) is 0 Å². The van der Waals surface area contributed by atoms with Crippen molar-refractivity contribution in [3.63, 3.8) is 0 Å². The van der Waals surface area contributed by atoms with Crippen molar-refractivity contribution < 1.29 is 30.8 Å². The van der Waals surface area contributed by atoms with E-state index in [-0.39, 0.29) is 0 Å². The summed E-state index contributed by atoms with van der Waals surface area (Å²) in [5.41, 5.74) is 0. The summed E-state index contributed by atoms with van der Waals surface area (Å²) in [6.45, 7) is 1.70. The van der Waals surface area contributed by atoms with Gasteiger partial charge in [-0.05, 0) is 6.42 Å². The van der Waals surface area contributed by atoms with Crippen LogP contribution in [-0.2, 0) is 20.6 Å². The second-order valence-electron chi connectivity index (χ2n) is 2.50. The van der Waals surface area contributed by atoms with Gasteiger partial charge in [-0.25, -0.2) is 0 Å². The fraction of sp³-hybridized carbons (Fsp3) is 1.00. The smallest absolute Gasteiger partial charge is 0.286 e. The predicted octanol–water partition coefficient (Wildman–Crippen LogP) is -5.22. The van der Waals surface area contributed by atoms with Gasteiger partial charge in [-0.2, -0.15) is 0 Å². The lowest BCUT2D eigenvalue weighted by Gasteiger charge is -2.10. The second kappa shape index (κ2) is 12.9. The minimum atomic E-state index is -1.12. The van der Waals surface area contributed by atoms with Crippen molar-refractivity contribution >= 4 is 50.0 Å². The number of rotatable bonds is 1. The maximum Gasteiger partial charge on any atom is 0.286 e. The third-order valence-corrected chi connectivity index (χ3v) is 7.87. The molecule has 0 aromatic heterocycles. The Bertz CT molecular complexity index is 94.0. The van der Waals surface area contributed by atoms with Crippen LogP contribution in [0.1, 0.15) is 13.3 Å². The summed E-state index contributed by atoms with van der Waals surface area (Å²) < 4.78 is 25.8. The fourth-order valence-electron chi connectivity index (χ4n) is 0.465. The van der Waals surface area contributed by atoms with E-state index in [0.717, 1.165) is 0 Å². The summed E-state index contributed by atoms with van der Waals surface area (Å²) in [5, 5.41) is 15.8. The molecule has 2 N–H and O–H groups in total.